The summed E-state index contributed by atoms with van der Waals surface area (Å²) in [5.41, 5.74) is 0. The molecular formula is C22H37IN4O2. The molecule has 0 saturated carbocycles. The highest BCUT2D eigenvalue weighted by Crippen LogP contribution is 2.20. The lowest BCUT2D eigenvalue weighted by Gasteiger charge is -2.29. The topological polar surface area (TPSA) is 49.3 Å². The van der Waals surface area contributed by atoms with E-state index in [0.29, 0.717) is 6.61 Å². The average molecular weight is 516 g/mol. The molecule has 0 aliphatic carbocycles. The average Bonchev–Trinajstić information content (AvgIpc) is 3.19. The second kappa shape index (κ2) is 13.2. The van der Waals surface area contributed by atoms with Crippen molar-refractivity contribution in [3.63, 3.8) is 0 Å². The van der Waals surface area contributed by atoms with Gasteiger partial charge in [0, 0.05) is 39.3 Å². The molecule has 2 heterocycles. The molecule has 1 aromatic rings. The van der Waals surface area contributed by atoms with Gasteiger partial charge in [-0.3, -0.25) is 4.99 Å². The zero-order chi connectivity index (χ0) is 19.6. The maximum absolute atomic E-state index is 5.81. The summed E-state index contributed by atoms with van der Waals surface area (Å²) in [4.78, 5) is 9.56. The molecule has 0 spiro atoms. The Labute approximate surface area is 193 Å². The van der Waals surface area contributed by atoms with Gasteiger partial charge in [-0.15, -0.1) is 24.0 Å². The standard InChI is InChI=1S/C22H36N4O2.HI/c1-23-22(24-11-7-15-28-21-9-6-8-20(16-21)27-2)26-14-10-19(18-26)17-25-12-4-3-5-13-25;/h6,8-9,16,19H,3-5,7,10-15,17-18H2,1-2H3,(H,23,24);1H. The summed E-state index contributed by atoms with van der Waals surface area (Å²) in [6.07, 6.45) is 6.36. The molecule has 1 unspecified atom stereocenters. The fraction of sp³-hybridized carbons (Fsp3) is 0.682. The van der Waals surface area contributed by atoms with Crippen molar-refractivity contribution in [2.75, 3.05) is 60.0 Å². The molecule has 3 rings (SSSR count). The Kier molecular flexibility index (Phi) is 10.9. The van der Waals surface area contributed by atoms with Crippen LogP contribution in [0.2, 0.25) is 0 Å². The van der Waals surface area contributed by atoms with Gasteiger partial charge in [0.15, 0.2) is 5.96 Å². The second-order valence-electron chi connectivity index (χ2n) is 7.82. The van der Waals surface area contributed by atoms with Crippen LogP contribution >= 0.6 is 24.0 Å². The Morgan fingerprint density at radius 1 is 1.17 bits per heavy atom. The van der Waals surface area contributed by atoms with Crippen LogP contribution in [0.4, 0.5) is 0 Å². The smallest absolute Gasteiger partial charge is 0.193 e. The first kappa shape index (κ1) is 24.1. The molecule has 0 aromatic heterocycles. The van der Waals surface area contributed by atoms with Crippen LogP contribution in [0.25, 0.3) is 0 Å². The highest BCUT2D eigenvalue weighted by atomic mass is 127. The number of methoxy groups -OCH3 is 1. The van der Waals surface area contributed by atoms with Gasteiger partial charge in [-0.2, -0.15) is 0 Å². The summed E-state index contributed by atoms with van der Waals surface area (Å²) in [5.74, 6) is 3.48. The Morgan fingerprint density at radius 3 is 2.72 bits per heavy atom. The zero-order valence-corrected chi connectivity index (χ0v) is 20.3. The van der Waals surface area contributed by atoms with Gasteiger partial charge in [0.1, 0.15) is 11.5 Å². The predicted molar refractivity (Wildman–Crippen MR) is 130 cm³/mol. The molecule has 29 heavy (non-hydrogen) atoms. The van der Waals surface area contributed by atoms with Crippen LogP contribution in [0.15, 0.2) is 29.3 Å². The molecule has 0 bridgehead atoms. The van der Waals surface area contributed by atoms with E-state index in [0.717, 1.165) is 49.4 Å². The van der Waals surface area contributed by atoms with Crippen LogP contribution in [0.5, 0.6) is 11.5 Å². The molecule has 7 heteroatoms. The van der Waals surface area contributed by atoms with Crippen molar-refractivity contribution >= 4 is 29.9 Å². The molecule has 164 valence electrons. The van der Waals surface area contributed by atoms with Crippen LogP contribution in [0.3, 0.4) is 0 Å². The van der Waals surface area contributed by atoms with Crippen LogP contribution < -0.4 is 14.8 Å². The van der Waals surface area contributed by atoms with Crippen LogP contribution in [-0.4, -0.2) is 75.8 Å². The molecule has 2 aliphatic rings. The molecular weight excluding hydrogens is 479 g/mol. The van der Waals surface area contributed by atoms with Gasteiger partial charge in [0.25, 0.3) is 0 Å². The van der Waals surface area contributed by atoms with E-state index in [9.17, 15) is 0 Å². The number of hydrogen-bond acceptors (Lipinski definition) is 4. The normalized spacial score (nSPS) is 20.3. The van der Waals surface area contributed by atoms with E-state index >= 15 is 0 Å². The second-order valence-corrected chi connectivity index (χ2v) is 7.82. The van der Waals surface area contributed by atoms with Gasteiger partial charge >= 0.3 is 0 Å². The number of guanidine groups is 1. The first-order valence-electron chi connectivity index (χ1n) is 10.7. The lowest BCUT2D eigenvalue weighted by molar-refractivity contribution is 0.198. The summed E-state index contributed by atoms with van der Waals surface area (Å²) in [6.45, 7) is 7.60. The first-order chi connectivity index (χ1) is 13.8. The maximum Gasteiger partial charge on any atom is 0.193 e. The number of piperidine rings is 1. The van der Waals surface area contributed by atoms with Crippen molar-refractivity contribution < 1.29 is 9.47 Å². The number of benzene rings is 1. The number of aliphatic imine (C=N–C) groups is 1. The molecule has 2 aliphatic heterocycles. The lowest BCUT2D eigenvalue weighted by Crippen LogP contribution is -2.41. The molecule has 1 atom stereocenters. The number of hydrogen-bond donors (Lipinski definition) is 1. The number of ether oxygens (including phenoxy) is 2. The summed E-state index contributed by atoms with van der Waals surface area (Å²) in [7, 11) is 3.55. The molecule has 0 radical (unpaired) electrons. The van der Waals surface area contributed by atoms with Gasteiger partial charge in [0.05, 0.1) is 13.7 Å². The molecule has 1 aromatic carbocycles. The van der Waals surface area contributed by atoms with Crippen molar-refractivity contribution in [1.82, 2.24) is 15.1 Å². The third-order valence-electron chi connectivity index (χ3n) is 5.68. The van der Waals surface area contributed by atoms with Gasteiger partial charge in [-0.25, -0.2) is 0 Å². The quantitative estimate of drug-likeness (QED) is 0.248. The largest absolute Gasteiger partial charge is 0.497 e. The summed E-state index contributed by atoms with van der Waals surface area (Å²) in [6, 6.07) is 7.75. The number of likely N-dealkylation sites (tertiary alicyclic amines) is 2. The summed E-state index contributed by atoms with van der Waals surface area (Å²) >= 11 is 0. The minimum atomic E-state index is 0. The third-order valence-corrected chi connectivity index (χ3v) is 5.68. The van der Waals surface area contributed by atoms with Crippen LogP contribution in [0.1, 0.15) is 32.1 Å². The third kappa shape index (κ3) is 7.85. The number of rotatable bonds is 8. The van der Waals surface area contributed by atoms with Crippen LogP contribution in [-0.2, 0) is 0 Å². The first-order valence-corrected chi connectivity index (χ1v) is 10.7. The Hall–Kier alpha value is -1.22. The molecule has 0 amide bonds. The van der Waals surface area contributed by atoms with Gasteiger partial charge < -0.3 is 24.6 Å². The van der Waals surface area contributed by atoms with E-state index in [-0.39, 0.29) is 24.0 Å². The Bertz CT molecular complexity index is 623. The minimum absolute atomic E-state index is 0. The molecule has 2 fully saturated rings. The highest BCUT2D eigenvalue weighted by molar-refractivity contribution is 14.0. The van der Waals surface area contributed by atoms with E-state index in [1.54, 1.807) is 7.11 Å². The summed E-state index contributed by atoms with van der Waals surface area (Å²) in [5, 5.41) is 3.50. The van der Waals surface area contributed by atoms with E-state index in [1.165, 1.54) is 45.3 Å². The Morgan fingerprint density at radius 2 is 1.97 bits per heavy atom. The fourth-order valence-electron chi connectivity index (χ4n) is 4.17. The highest BCUT2D eigenvalue weighted by Gasteiger charge is 2.26. The molecule has 1 N–H and O–H groups in total. The monoisotopic (exact) mass is 516 g/mol. The van der Waals surface area contributed by atoms with Crippen molar-refractivity contribution in [2.45, 2.75) is 32.1 Å². The number of nitrogens with one attached hydrogen (secondary N) is 1. The fourth-order valence-corrected chi connectivity index (χ4v) is 4.17. The van der Waals surface area contributed by atoms with Gasteiger partial charge in [0.2, 0.25) is 0 Å². The van der Waals surface area contributed by atoms with Crippen molar-refractivity contribution in [3.8, 4) is 11.5 Å². The van der Waals surface area contributed by atoms with Crippen molar-refractivity contribution in [1.29, 1.82) is 0 Å². The zero-order valence-electron chi connectivity index (χ0n) is 17.9. The van der Waals surface area contributed by atoms with E-state index < -0.39 is 0 Å². The van der Waals surface area contributed by atoms with E-state index in [4.69, 9.17) is 9.47 Å². The van der Waals surface area contributed by atoms with E-state index in [1.807, 2.05) is 31.3 Å². The predicted octanol–water partition coefficient (Wildman–Crippen LogP) is 3.47. The minimum Gasteiger partial charge on any atom is -0.497 e. The van der Waals surface area contributed by atoms with Gasteiger partial charge in [-0.05, 0) is 56.8 Å². The maximum atomic E-state index is 5.81. The molecule has 2 saturated heterocycles. The van der Waals surface area contributed by atoms with Crippen molar-refractivity contribution in [3.05, 3.63) is 24.3 Å². The SMILES string of the molecule is CN=C(NCCCOc1cccc(OC)c1)N1CCC(CN2CCCCC2)C1.I. The van der Waals surface area contributed by atoms with Crippen molar-refractivity contribution in [2.24, 2.45) is 10.9 Å². The molecule has 6 nitrogen and oxygen atoms in total. The van der Waals surface area contributed by atoms with Crippen LogP contribution in [0, 0.1) is 5.92 Å². The summed E-state index contributed by atoms with van der Waals surface area (Å²) < 4.78 is 11.0. The van der Waals surface area contributed by atoms with E-state index in [2.05, 4.69) is 20.1 Å². The number of nitrogens with zero attached hydrogens (tertiary/aromatic N) is 3. The number of halogens is 1. The lowest BCUT2D eigenvalue weighted by atomic mass is 10.1. The Balaban J connectivity index is 0.00000300. The van der Waals surface area contributed by atoms with Gasteiger partial charge in [-0.1, -0.05) is 12.5 Å².